The molecule has 0 N–H and O–H groups in total. The van der Waals surface area contributed by atoms with Crippen LogP contribution < -0.4 is 4.90 Å². The van der Waals surface area contributed by atoms with Crippen molar-refractivity contribution >= 4 is 11.7 Å². The number of halogens is 3. The molecule has 4 aromatic rings. The van der Waals surface area contributed by atoms with Gasteiger partial charge in [-0.3, -0.25) is 14.4 Å². The molecule has 1 amide bonds. The summed E-state index contributed by atoms with van der Waals surface area (Å²) in [7, 11) is 3.57. The molecule has 0 spiro atoms. The van der Waals surface area contributed by atoms with Gasteiger partial charge in [0.2, 0.25) is 0 Å². The third-order valence-corrected chi connectivity index (χ3v) is 5.46. The first-order valence-electron chi connectivity index (χ1n) is 9.59. The van der Waals surface area contributed by atoms with E-state index in [0.717, 1.165) is 11.6 Å². The van der Waals surface area contributed by atoms with Gasteiger partial charge in [-0.05, 0) is 29.8 Å². The van der Waals surface area contributed by atoms with Crippen LogP contribution in [0.1, 0.15) is 21.5 Å². The van der Waals surface area contributed by atoms with Crippen LogP contribution in [-0.4, -0.2) is 35.4 Å². The predicted molar refractivity (Wildman–Crippen MR) is 108 cm³/mol. The van der Waals surface area contributed by atoms with Gasteiger partial charge in [-0.1, -0.05) is 6.07 Å². The maximum absolute atomic E-state index is 13.4. The van der Waals surface area contributed by atoms with Gasteiger partial charge in [0.1, 0.15) is 12.1 Å². The molecule has 0 bridgehead atoms. The highest BCUT2D eigenvalue weighted by molar-refractivity contribution is 6.10. The smallest absolute Gasteiger partial charge is 0.317 e. The Morgan fingerprint density at radius 1 is 1.09 bits per heavy atom. The fourth-order valence-electron chi connectivity index (χ4n) is 3.97. The molecule has 0 saturated heterocycles. The highest BCUT2D eigenvalue weighted by atomic mass is 19.4. The van der Waals surface area contributed by atoms with Gasteiger partial charge in [0.05, 0.1) is 29.6 Å². The Labute approximate surface area is 179 Å². The van der Waals surface area contributed by atoms with Gasteiger partial charge in [0.25, 0.3) is 5.91 Å². The van der Waals surface area contributed by atoms with Gasteiger partial charge < -0.3 is 4.57 Å². The third kappa shape index (κ3) is 3.04. The van der Waals surface area contributed by atoms with Crippen LogP contribution in [-0.2, 0) is 26.8 Å². The van der Waals surface area contributed by atoms with Crippen molar-refractivity contribution in [2.45, 2.75) is 12.7 Å². The van der Waals surface area contributed by atoms with Gasteiger partial charge in [-0.25, -0.2) is 4.98 Å². The Morgan fingerprint density at radius 2 is 1.91 bits per heavy atom. The Bertz CT molecular complexity index is 1360. The van der Waals surface area contributed by atoms with Crippen LogP contribution >= 0.6 is 0 Å². The molecule has 11 heteroatoms. The Morgan fingerprint density at radius 3 is 2.62 bits per heavy atom. The number of carbonyl (C=O) groups is 1. The minimum Gasteiger partial charge on any atom is -0.317 e. The van der Waals surface area contributed by atoms with Gasteiger partial charge in [-0.2, -0.15) is 18.3 Å². The number of aryl methyl sites for hydroxylation is 2. The quantitative estimate of drug-likeness (QED) is 0.488. The first-order chi connectivity index (χ1) is 15.3. The summed E-state index contributed by atoms with van der Waals surface area (Å²) in [6, 6.07) is 7.05. The van der Waals surface area contributed by atoms with Crippen LogP contribution in [0.2, 0.25) is 0 Å². The molecule has 32 heavy (non-hydrogen) atoms. The van der Waals surface area contributed by atoms with Gasteiger partial charge >= 0.3 is 6.18 Å². The second kappa shape index (κ2) is 7.01. The summed E-state index contributed by atoms with van der Waals surface area (Å²) in [5.74, 6) is 0.335. The lowest BCUT2D eigenvalue weighted by Gasteiger charge is -2.16. The number of amides is 1. The molecule has 0 fully saturated rings. The molecule has 0 saturated carbocycles. The molecular formula is C21H16F3N7O. The van der Waals surface area contributed by atoms with Gasteiger partial charge in [0, 0.05) is 31.4 Å². The molecule has 5 rings (SSSR count). The number of alkyl halides is 3. The molecule has 1 aliphatic rings. The molecule has 0 unspecified atom stereocenters. The third-order valence-electron chi connectivity index (χ3n) is 5.46. The van der Waals surface area contributed by atoms with Crippen molar-refractivity contribution < 1.29 is 18.0 Å². The zero-order valence-electron chi connectivity index (χ0n) is 17.0. The summed E-state index contributed by atoms with van der Waals surface area (Å²) in [4.78, 5) is 18.4. The molecule has 3 aromatic heterocycles. The van der Waals surface area contributed by atoms with Crippen LogP contribution in [0.3, 0.4) is 0 Å². The minimum atomic E-state index is -4.55. The van der Waals surface area contributed by atoms with Crippen LogP contribution in [0.4, 0.5) is 19.0 Å². The van der Waals surface area contributed by atoms with Gasteiger partial charge in [-0.15, -0.1) is 10.2 Å². The summed E-state index contributed by atoms with van der Waals surface area (Å²) in [5, 5.41) is 12.3. The first kappa shape index (κ1) is 19.9. The summed E-state index contributed by atoms with van der Waals surface area (Å²) >= 11 is 0. The number of nitrogens with zero attached hydrogens (tertiary/aromatic N) is 7. The van der Waals surface area contributed by atoms with E-state index in [2.05, 4.69) is 20.3 Å². The average Bonchev–Trinajstić information content (AvgIpc) is 3.44. The number of carbonyl (C=O) groups excluding carboxylic acids is 1. The fourth-order valence-corrected chi connectivity index (χ4v) is 3.97. The highest BCUT2D eigenvalue weighted by Crippen LogP contribution is 2.39. The van der Waals surface area contributed by atoms with Crippen molar-refractivity contribution in [3.05, 3.63) is 65.7 Å². The molecule has 1 aliphatic heterocycles. The lowest BCUT2D eigenvalue weighted by molar-refractivity contribution is -0.138. The first-order valence-corrected chi connectivity index (χ1v) is 9.59. The minimum absolute atomic E-state index is 0.0346. The zero-order valence-corrected chi connectivity index (χ0v) is 17.0. The number of fused-ring (bicyclic) bond motifs is 1. The number of hydrogen-bond donors (Lipinski definition) is 0. The van der Waals surface area contributed by atoms with Crippen LogP contribution in [0.25, 0.3) is 22.6 Å². The van der Waals surface area contributed by atoms with E-state index < -0.39 is 17.6 Å². The normalized spacial score (nSPS) is 13.7. The summed E-state index contributed by atoms with van der Waals surface area (Å²) < 4.78 is 43.7. The lowest BCUT2D eigenvalue weighted by atomic mass is 10.0. The van der Waals surface area contributed by atoms with Crippen molar-refractivity contribution in [3.8, 4) is 22.6 Å². The number of anilines is 1. The molecule has 0 radical (unpaired) electrons. The SMILES string of the molecule is Cn1cnnc1-c1cnn(C)c1-c1ccnc(N2Cc3c(cccc3C(F)(F)F)C2=O)c1. The van der Waals surface area contributed by atoms with Crippen molar-refractivity contribution in [1.82, 2.24) is 29.5 Å². The molecule has 8 nitrogen and oxygen atoms in total. The Balaban J connectivity index is 1.57. The number of rotatable bonds is 3. The van der Waals surface area contributed by atoms with E-state index >= 15 is 0 Å². The van der Waals surface area contributed by atoms with Gasteiger partial charge in [0.15, 0.2) is 5.82 Å². The van der Waals surface area contributed by atoms with Crippen molar-refractivity contribution in [2.75, 3.05) is 4.90 Å². The van der Waals surface area contributed by atoms with Crippen LogP contribution in [0, 0.1) is 0 Å². The topological polar surface area (TPSA) is 81.7 Å². The number of hydrogen-bond acceptors (Lipinski definition) is 5. The van der Waals surface area contributed by atoms with E-state index in [1.165, 1.54) is 23.2 Å². The van der Waals surface area contributed by atoms with Crippen molar-refractivity contribution in [1.29, 1.82) is 0 Å². The summed E-state index contributed by atoms with van der Waals surface area (Å²) in [6.45, 7) is -0.207. The summed E-state index contributed by atoms with van der Waals surface area (Å²) in [5.41, 5.74) is 1.31. The zero-order chi connectivity index (χ0) is 22.6. The van der Waals surface area contributed by atoms with Crippen LogP contribution in [0.5, 0.6) is 0 Å². The lowest BCUT2D eigenvalue weighted by Crippen LogP contribution is -2.24. The highest BCUT2D eigenvalue weighted by Gasteiger charge is 2.40. The largest absolute Gasteiger partial charge is 0.416 e. The molecular weight excluding hydrogens is 423 g/mol. The van der Waals surface area contributed by atoms with E-state index in [-0.39, 0.29) is 23.5 Å². The Kier molecular flexibility index (Phi) is 4.36. The monoisotopic (exact) mass is 439 g/mol. The van der Waals surface area contributed by atoms with Crippen molar-refractivity contribution in [3.63, 3.8) is 0 Å². The fraction of sp³-hybridized carbons (Fsp3) is 0.190. The molecule has 0 aliphatic carbocycles. The number of pyridine rings is 1. The standard InChI is InChI=1S/C21H16F3N7O/c1-29-11-26-28-19(29)14-9-27-30(2)18(14)12-6-7-25-17(8-12)31-10-15-13(20(31)32)4-3-5-16(15)21(22,23)24/h3-9,11H,10H2,1-2H3. The van der Waals surface area contributed by atoms with E-state index in [9.17, 15) is 18.0 Å². The second-order valence-electron chi connectivity index (χ2n) is 7.42. The maximum Gasteiger partial charge on any atom is 0.416 e. The van der Waals surface area contributed by atoms with E-state index in [1.54, 1.807) is 41.0 Å². The number of aromatic nitrogens is 6. The summed E-state index contributed by atoms with van der Waals surface area (Å²) in [6.07, 6.45) is 0.198. The predicted octanol–water partition coefficient (Wildman–Crippen LogP) is 3.46. The number of benzene rings is 1. The molecule has 1 aromatic carbocycles. The van der Waals surface area contributed by atoms with Crippen LogP contribution in [0.15, 0.2) is 49.1 Å². The second-order valence-corrected chi connectivity index (χ2v) is 7.42. The molecule has 162 valence electrons. The van der Waals surface area contributed by atoms with E-state index in [1.807, 2.05) is 7.05 Å². The average molecular weight is 439 g/mol. The molecule has 0 atom stereocenters. The maximum atomic E-state index is 13.4. The van der Waals surface area contributed by atoms with E-state index in [0.29, 0.717) is 17.1 Å². The van der Waals surface area contributed by atoms with Crippen molar-refractivity contribution in [2.24, 2.45) is 14.1 Å². The Hall–Kier alpha value is -4.02. The molecule has 4 heterocycles. The van der Waals surface area contributed by atoms with E-state index in [4.69, 9.17) is 0 Å².